The number of unbranched alkanes of at least 4 members (excludes halogenated alkanes) is 2. The van der Waals surface area contributed by atoms with Crippen molar-refractivity contribution in [3.05, 3.63) is 22.7 Å². The summed E-state index contributed by atoms with van der Waals surface area (Å²) in [7, 11) is 0. The van der Waals surface area contributed by atoms with Crippen LogP contribution in [0.1, 0.15) is 68.6 Å². The number of fused-ring (bicyclic) bond motifs is 1. The standard InChI is InChI=1S/C28H43ClN4O5/c1-2-36-26-16-25(30)24(29)15-23(26)28(35)31-17-22-18-32(13-14-37-22)11-5-3-4-9-27(34)38-21-8-6-7-20-10-12-33(20)19-21/h15-16,20-22H,2-14,17-19,30H2,1H3,(H,31,35)/t20?,21-,22+/m1/s1. The van der Waals surface area contributed by atoms with Gasteiger partial charge in [-0.15, -0.1) is 0 Å². The fourth-order valence-corrected chi connectivity index (χ4v) is 5.71. The number of halogens is 1. The fraction of sp³-hybridized carbons (Fsp3) is 0.714. The van der Waals surface area contributed by atoms with Crippen molar-refractivity contribution in [2.24, 2.45) is 0 Å². The van der Waals surface area contributed by atoms with E-state index in [1.807, 2.05) is 6.92 Å². The van der Waals surface area contributed by atoms with Gasteiger partial charge in [-0.2, -0.15) is 0 Å². The Bertz CT molecular complexity index is 948. The Kier molecular flexibility index (Phi) is 10.9. The Morgan fingerprint density at radius 2 is 2.03 bits per heavy atom. The number of morpholine rings is 1. The molecule has 3 heterocycles. The third-order valence-electron chi connectivity index (χ3n) is 7.78. The van der Waals surface area contributed by atoms with Crippen LogP contribution in [0.4, 0.5) is 5.69 Å². The van der Waals surface area contributed by atoms with Crippen LogP contribution in [0.25, 0.3) is 0 Å². The lowest BCUT2D eigenvalue weighted by atomic mass is 10.00. The number of hydrogen-bond donors (Lipinski definition) is 2. The summed E-state index contributed by atoms with van der Waals surface area (Å²) in [5, 5.41) is 3.27. The zero-order valence-corrected chi connectivity index (χ0v) is 23.3. The van der Waals surface area contributed by atoms with Gasteiger partial charge in [0.2, 0.25) is 0 Å². The van der Waals surface area contributed by atoms with Gasteiger partial charge in [0.15, 0.2) is 0 Å². The molecular weight excluding hydrogens is 508 g/mol. The molecule has 3 N–H and O–H groups in total. The number of anilines is 1. The predicted molar refractivity (Wildman–Crippen MR) is 148 cm³/mol. The van der Waals surface area contributed by atoms with Crippen molar-refractivity contribution in [3.63, 3.8) is 0 Å². The number of rotatable bonds is 12. The number of ether oxygens (including phenoxy) is 3. The van der Waals surface area contributed by atoms with Gasteiger partial charge >= 0.3 is 5.97 Å². The normalized spacial score (nSPS) is 24.1. The maximum Gasteiger partial charge on any atom is 0.306 e. The largest absolute Gasteiger partial charge is 0.493 e. The van der Waals surface area contributed by atoms with Crippen molar-refractivity contribution in [1.29, 1.82) is 0 Å². The highest BCUT2D eigenvalue weighted by Gasteiger charge is 2.33. The maximum atomic E-state index is 12.8. The van der Waals surface area contributed by atoms with Gasteiger partial charge in [-0.3, -0.25) is 19.4 Å². The molecule has 0 radical (unpaired) electrons. The van der Waals surface area contributed by atoms with Gasteiger partial charge in [0.1, 0.15) is 11.9 Å². The number of nitrogens with zero attached hydrogens (tertiary/aromatic N) is 2. The van der Waals surface area contributed by atoms with Crippen LogP contribution in [0, 0.1) is 0 Å². The van der Waals surface area contributed by atoms with Crippen molar-refractivity contribution >= 4 is 29.2 Å². The molecule has 38 heavy (non-hydrogen) atoms. The molecule has 0 bridgehead atoms. The van der Waals surface area contributed by atoms with E-state index in [4.69, 9.17) is 31.5 Å². The number of hydrogen-bond acceptors (Lipinski definition) is 8. The van der Waals surface area contributed by atoms with E-state index in [0.29, 0.717) is 48.2 Å². The van der Waals surface area contributed by atoms with Gasteiger partial charge in [-0.1, -0.05) is 18.0 Å². The summed E-state index contributed by atoms with van der Waals surface area (Å²) >= 11 is 6.13. The van der Waals surface area contributed by atoms with Gasteiger partial charge in [-0.25, -0.2) is 0 Å². The molecule has 1 amide bonds. The van der Waals surface area contributed by atoms with Crippen LogP contribution in [-0.2, 0) is 14.3 Å². The number of esters is 1. The van der Waals surface area contributed by atoms with Crippen LogP contribution in [-0.4, -0.2) is 92.4 Å². The van der Waals surface area contributed by atoms with E-state index in [9.17, 15) is 9.59 Å². The minimum atomic E-state index is -0.267. The number of nitrogen functional groups attached to an aromatic ring is 1. The molecule has 0 spiro atoms. The van der Waals surface area contributed by atoms with Gasteiger partial charge in [0, 0.05) is 51.3 Å². The highest BCUT2D eigenvalue weighted by molar-refractivity contribution is 6.33. The molecule has 0 aromatic heterocycles. The SMILES string of the molecule is CCOc1cc(N)c(Cl)cc1C(=O)NC[C@H]1CN(CCCCCC(=O)O[C@@H]2CCCC3CCN3C2)CCO1. The first-order valence-electron chi connectivity index (χ1n) is 14.2. The number of amides is 1. The molecule has 3 aliphatic rings. The van der Waals surface area contributed by atoms with Crippen molar-refractivity contribution in [2.75, 3.05) is 58.2 Å². The van der Waals surface area contributed by atoms with Crippen LogP contribution in [0.2, 0.25) is 5.02 Å². The van der Waals surface area contributed by atoms with E-state index in [0.717, 1.165) is 70.9 Å². The Morgan fingerprint density at radius 3 is 2.82 bits per heavy atom. The van der Waals surface area contributed by atoms with Crippen molar-refractivity contribution in [1.82, 2.24) is 15.1 Å². The van der Waals surface area contributed by atoms with Crippen molar-refractivity contribution in [3.8, 4) is 5.75 Å². The zero-order chi connectivity index (χ0) is 26.9. The topological polar surface area (TPSA) is 106 Å². The molecular formula is C28H43ClN4O5. The first-order chi connectivity index (χ1) is 18.4. The monoisotopic (exact) mass is 550 g/mol. The average Bonchev–Trinajstić information content (AvgIpc) is 3.02. The van der Waals surface area contributed by atoms with Crippen LogP contribution >= 0.6 is 11.6 Å². The first-order valence-corrected chi connectivity index (χ1v) is 14.6. The lowest BCUT2D eigenvalue weighted by molar-refractivity contribution is -0.150. The highest BCUT2D eigenvalue weighted by atomic mass is 35.5. The number of nitrogens with one attached hydrogen (secondary N) is 1. The van der Waals surface area contributed by atoms with E-state index >= 15 is 0 Å². The lowest BCUT2D eigenvalue weighted by Crippen LogP contribution is -2.49. The molecule has 1 aromatic rings. The molecule has 0 aliphatic carbocycles. The molecule has 212 valence electrons. The van der Waals surface area contributed by atoms with E-state index in [2.05, 4.69) is 15.1 Å². The Hall–Kier alpha value is -2.07. The third-order valence-corrected chi connectivity index (χ3v) is 8.10. The minimum Gasteiger partial charge on any atom is -0.493 e. The molecule has 3 saturated heterocycles. The summed E-state index contributed by atoms with van der Waals surface area (Å²) in [6.45, 7) is 7.93. The van der Waals surface area contributed by atoms with Crippen LogP contribution < -0.4 is 15.8 Å². The second-order valence-corrected chi connectivity index (χ2v) is 11.0. The first kappa shape index (κ1) is 28.9. The van der Waals surface area contributed by atoms with E-state index in [1.165, 1.54) is 12.8 Å². The summed E-state index contributed by atoms with van der Waals surface area (Å²) < 4.78 is 17.2. The van der Waals surface area contributed by atoms with Gasteiger partial charge in [-0.05, 0) is 58.1 Å². The molecule has 0 saturated carbocycles. The molecule has 10 heteroatoms. The number of nitrogens with two attached hydrogens (primary N) is 1. The second-order valence-electron chi connectivity index (χ2n) is 10.6. The average molecular weight is 551 g/mol. The summed E-state index contributed by atoms with van der Waals surface area (Å²) in [5.41, 5.74) is 6.60. The smallest absolute Gasteiger partial charge is 0.306 e. The zero-order valence-electron chi connectivity index (χ0n) is 22.6. The van der Waals surface area contributed by atoms with E-state index in [1.54, 1.807) is 12.1 Å². The molecule has 1 aromatic carbocycles. The molecule has 3 atom stereocenters. The Morgan fingerprint density at radius 1 is 1.16 bits per heavy atom. The quantitative estimate of drug-likeness (QED) is 0.231. The summed E-state index contributed by atoms with van der Waals surface area (Å²) in [5.74, 6) is 0.100. The van der Waals surface area contributed by atoms with Gasteiger partial charge < -0.3 is 25.3 Å². The minimum absolute atomic E-state index is 0.0500. The third kappa shape index (κ3) is 8.21. The van der Waals surface area contributed by atoms with E-state index in [-0.39, 0.29) is 24.1 Å². The number of carbonyl (C=O) groups is 2. The van der Waals surface area contributed by atoms with Crippen LogP contribution in [0.3, 0.4) is 0 Å². The fourth-order valence-electron chi connectivity index (χ4n) is 5.55. The molecule has 9 nitrogen and oxygen atoms in total. The lowest BCUT2D eigenvalue weighted by Gasteiger charge is -2.40. The number of benzene rings is 1. The molecule has 4 rings (SSSR count). The molecule has 3 aliphatic heterocycles. The highest BCUT2D eigenvalue weighted by Crippen LogP contribution is 2.29. The van der Waals surface area contributed by atoms with Crippen LogP contribution in [0.5, 0.6) is 5.75 Å². The summed E-state index contributed by atoms with van der Waals surface area (Å²) in [4.78, 5) is 30.0. The molecule has 3 fully saturated rings. The molecule has 1 unspecified atom stereocenters. The van der Waals surface area contributed by atoms with Gasteiger partial charge in [0.05, 0.1) is 35.6 Å². The van der Waals surface area contributed by atoms with E-state index < -0.39 is 0 Å². The number of carbonyl (C=O) groups excluding carboxylic acids is 2. The summed E-state index contributed by atoms with van der Waals surface area (Å²) in [6.07, 6.45) is 8.05. The van der Waals surface area contributed by atoms with Crippen LogP contribution in [0.15, 0.2) is 12.1 Å². The Labute approximate surface area is 231 Å². The van der Waals surface area contributed by atoms with Crippen molar-refractivity contribution < 1.29 is 23.8 Å². The van der Waals surface area contributed by atoms with Crippen molar-refractivity contribution in [2.45, 2.75) is 76.5 Å². The van der Waals surface area contributed by atoms with Gasteiger partial charge in [0.25, 0.3) is 5.91 Å². The summed E-state index contributed by atoms with van der Waals surface area (Å²) in [6, 6.07) is 3.85. The maximum absolute atomic E-state index is 12.8. The predicted octanol–water partition coefficient (Wildman–Crippen LogP) is 3.48. The Balaban J connectivity index is 1.11. The second kappa shape index (κ2) is 14.4.